The van der Waals surface area contributed by atoms with E-state index in [9.17, 15) is 5.11 Å². The number of methoxy groups -OCH3 is 1. The molecule has 2 aromatic rings. The molecule has 18 heavy (non-hydrogen) atoms. The molecule has 0 heterocycles. The molecule has 2 nitrogen and oxygen atoms in total. The summed E-state index contributed by atoms with van der Waals surface area (Å²) in [5.74, 6) is 1.18. The van der Waals surface area contributed by atoms with Gasteiger partial charge in [0, 0.05) is 5.56 Å². The summed E-state index contributed by atoms with van der Waals surface area (Å²) in [5, 5.41) is 9.88. The molecule has 1 N–H and O–H groups in total. The minimum atomic E-state index is 0.319. The largest absolute Gasteiger partial charge is 0.508 e. The molecule has 0 fully saturated rings. The normalized spacial score (nSPS) is 10.4. The van der Waals surface area contributed by atoms with Crippen molar-refractivity contribution in [3.63, 3.8) is 0 Å². The second-order valence-electron chi connectivity index (χ2n) is 4.61. The van der Waals surface area contributed by atoms with Crippen molar-refractivity contribution in [2.24, 2.45) is 0 Å². The van der Waals surface area contributed by atoms with E-state index in [4.69, 9.17) is 4.74 Å². The molecule has 0 unspecified atom stereocenters. The number of benzene rings is 2. The number of aryl methyl sites for hydroxylation is 3. The third kappa shape index (κ3) is 2.06. The fourth-order valence-corrected chi connectivity index (χ4v) is 2.27. The summed E-state index contributed by atoms with van der Waals surface area (Å²) < 4.78 is 5.47. The lowest BCUT2D eigenvalue weighted by Crippen LogP contribution is -1.93. The van der Waals surface area contributed by atoms with Crippen LogP contribution >= 0.6 is 0 Å². The number of phenols is 1. The van der Waals surface area contributed by atoms with Crippen LogP contribution in [0.4, 0.5) is 0 Å². The zero-order chi connectivity index (χ0) is 13.3. The van der Waals surface area contributed by atoms with Crippen molar-refractivity contribution in [3.8, 4) is 22.6 Å². The standard InChI is InChI=1S/C16H18O2/c1-10-6-5-7-13(16(10)18-4)14-9-15(17)12(3)8-11(14)2/h5-9,17H,1-4H3. The van der Waals surface area contributed by atoms with Gasteiger partial charge < -0.3 is 9.84 Å². The van der Waals surface area contributed by atoms with E-state index in [0.29, 0.717) is 5.75 Å². The third-order valence-electron chi connectivity index (χ3n) is 3.25. The molecule has 2 heteroatoms. The van der Waals surface area contributed by atoms with Crippen molar-refractivity contribution < 1.29 is 9.84 Å². The van der Waals surface area contributed by atoms with E-state index in [0.717, 1.165) is 33.6 Å². The molecule has 0 aromatic heterocycles. The van der Waals surface area contributed by atoms with E-state index in [1.54, 1.807) is 7.11 Å². The molecule has 0 aliphatic carbocycles. The van der Waals surface area contributed by atoms with Crippen LogP contribution in [0.2, 0.25) is 0 Å². The number of rotatable bonds is 2. The molecular formula is C16H18O2. The quantitative estimate of drug-likeness (QED) is 0.862. The summed E-state index contributed by atoms with van der Waals surface area (Å²) in [7, 11) is 1.68. The maximum atomic E-state index is 9.88. The van der Waals surface area contributed by atoms with Crippen molar-refractivity contribution in [1.82, 2.24) is 0 Å². The SMILES string of the molecule is COc1c(C)cccc1-c1cc(O)c(C)cc1C. The summed E-state index contributed by atoms with van der Waals surface area (Å²) in [6.07, 6.45) is 0. The highest BCUT2D eigenvalue weighted by atomic mass is 16.5. The van der Waals surface area contributed by atoms with Gasteiger partial charge in [0.2, 0.25) is 0 Å². The molecule has 2 aromatic carbocycles. The van der Waals surface area contributed by atoms with Gasteiger partial charge in [0.05, 0.1) is 7.11 Å². The summed E-state index contributed by atoms with van der Waals surface area (Å²) in [6.45, 7) is 5.97. The number of aromatic hydroxyl groups is 1. The Labute approximate surface area is 108 Å². The predicted molar refractivity (Wildman–Crippen MR) is 74.3 cm³/mol. The minimum absolute atomic E-state index is 0.319. The maximum Gasteiger partial charge on any atom is 0.129 e. The highest BCUT2D eigenvalue weighted by Crippen LogP contribution is 2.37. The Morgan fingerprint density at radius 3 is 2.28 bits per heavy atom. The molecule has 0 bridgehead atoms. The monoisotopic (exact) mass is 242 g/mol. The van der Waals surface area contributed by atoms with E-state index in [2.05, 4.69) is 0 Å². The van der Waals surface area contributed by atoms with Crippen molar-refractivity contribution in [3.05, 3.63) is 47.0 Å². The van der Waals surface area contributed by atoms with Gasteiger partial charge in [-0.05, 0) is 49.1 Å². The Bertz CT molecular complexity index is 586. The van der Waals surface area contributed by atoms with Crippen molar-refractivity contribution in [1.29, 1.82) is 0 Å². The van der Waals surface area contributed by atoms with Gasteiger partial charge in [-0.1, -0.05) is 24.3 Å². The second-order valence-corrected chi connectivity index (χ2v) is 4.61. The van der Waals surface area contributed by atoms with E-state index >= 15 is 0 Å². The third-order valence-corrected chi connectivity index (χ3v) is 3.25. The molecule has 0 aliphatic rings. The van der Waals surface area contributed by atoms with Gasteiger partial charge in [-0.15, -0.1) is 0 Å². The first-order chi connectivity index (χ1) is 8.54. The molecule has 94 valence electrons. The molecule has 0 radical (unpaired) electrons. The van der Waals surface area contributed by atoms with Crippen LogP contribution in [0.1, 0.15) is 16.7 Å². The predicted octanol–water partition coefficient (Wildman–Crippen LogP) is 3.99. The summed E-state index contributed by atoms with van der Waals surface area (Å²) >= 11 is 0. The molecule has 2 rings (SSSR count). The van der Waals surface area contributed by atoms with E-state index in [-0.39, 0.29) is 0 Å². The van der Waals surface area contributed by atoms with Crippen molar-refractivity contribution in [2.75, 3.05) is 7.11 Å². The molecule has 0 saturated carbocycles. The van der Waals surface area contributed by atoms with Gasteiger partial charge >= 0.3 is 0 Å². The Morgan fingerprint density at radius 1 is 0.889 bits per heavy atom. The topological polar surface area (TPSA) is 29.5 Å². The Hall–Kier alpha value is -1.96. The first-order valence-corrected chi connectivity index (χ1v) is 5.98. The molecule has 0 amide bonds. The lowest BCUT2D eigenvalue weighted by Gasteiger charge is -2.14. The summed E-state index contributed by atoms with van der Waals surface area (Å²) in [5.41, 5.74) is 5.15. The number of hydrogen-bond donors (Lipinski definition) is 1. The number of hydrogen-bond acceptors (Lipinski definition) is 2. The first kappa shape index (κ1) is 12.5. The maximum absolute atomic E-state index is 9.88. The van der Waals surface area contributed by atoms with Crippen LogP contribution in [0, 0.1) is 20.8 Å². The first-order valence-electron chi connectivity index (χ1n) is 5.98. The molecule has 0 saturated heterocycles. The van der Waals surface area contributed by atoms with Crippen molar-refractivity contribution in [2.45, 2.75) is 20.8 Å². The van der Waals surface area contributed by atoms with Crippen LogP contribution < -0.4 is 4.74 Å². The van der Waals surface area contributed by atoms with E-state index in [1.807, 2.05) is 51.1 Å². The average molecular weight is 242 g/mol. The Balaban J connectivity index is 2.69. The Morgan fingerprint density at radius 2 is 1.61 bits per heavy atom. The summed E-state index contributed by atoms with van der Waals surface area (Å²) in [4.78, 5) is 0. The van der Waals surface area contributed by atoms with E-state index in [1.165, 1.54) is 0 Å². The number of ether oxygens (including phenoxy) is 1. The van der Waals surface area contributed by atoms with Gasteiger partial charge in [-0.25, -0.2) is 0 Å². The van der Waals surface area contributed by atoms with Gasteiger partial charge in [-0.3, -0.25) is 0 Å². The van der Waals surface area contributed by atoms with E-state index < -0.39 is 0 Å². The van der Waals surface area contributed by atoms with Crippen LogP contribution in [0.3, 0.4) is 0 Å². The number of para-hydroxylation sites is 1. The zero-order valence-electron chi connectivity index (χ0n) is 11.2. The van der Waals surface area contributed by atoms with Gasteiger partial charge in [0.25, 0.3) is 0 Å². The minimum Gasteiger partial charge on any atom is -0.508 e. The lowest BCUT2D eigenvalue weighted by molar-refractivity contribution is 0.413. The summed E-state index contributed by atoms with van der Waals surface area (Å²) in [6, 6.07) is 9.84. The fourth-order valence-electron chi connectivity index (χ4n) is 2.27. The van der Waals surface area contributed by atoms with Crippen molar-refractivity contribution >= 4 is 0 Å². The van der Waals surface area contributed by atoms with Crippen LogP contribution in [-0.2, 0) is 0 Å². The van der Waals surface area contributed by atoms with Gasteiger partial charge in [0.15, 0.2) is 0 Å². The lowest BCUT2D eigenvalue weighted by atomic mass is 9.96. The highest BCUT2D eigenvalue weighted by molar-refractivity contribution is 5.76. The smallest absolute Gasteiger partial charge is 0.129 e. The molecular weight excluding hydrogens is 224 g/mol. The fraction of sp³-hybridized carbons (Fsp3) is 0.250. The zero-order valence-corrected chi connectivity index (χ0v) is 11.2. The van der Waals surface area contributed by atoms with Gasteiger partial charge in [0.1, 0.15) is 11.5 Å². The number of phenolic OH excluding ortho intramolecular Hbond substituents is 1. The second kappa shape index (κ2) is 4.73. The molecule has 0 atom stereocenters. The van der Waals surface area contributed by atoms with Crippen LogP contribution in [-0.4, -0.2) is 12.2 Å². The van der Waals surface area contributed by atoms with Crippen LogP contribution in [0.5, 0.6) is 11.5 Å². The Kier molecular flexibility index (Phi) is 3.28. The van der Waals surface area contributed by atoms with Crippen LogP contribution in [0.15, 0.2) is 30.3 Å². The van der Waals surface area contributed by atoms with Gasteiger partial charge in [-0.2, -0.15) is 0 Å². The van der Waals surface area contributed by atoms with Crippen LogP contribution in [0.25, 0.3) is 11.1 Å². The molecule has 0 aliphatic heterocycles. The highest BCUT2D eigenvalue weighted by Gasteiger charge is 2.12. The average Bonchev–Trinajstić information content (AvgIpc) is 2.33. The molecule has 0 spiro atoms.